The molecule has 8 heteroatoms. The van der Waals surface area contributed by atoms with Crippen LogP contribution in [0.1, 0.15) is 5.56 Å². The van der Waals surface area contributed by atoms with E-state index in [1.807, 2.05) is 0 Å². The number of hydrogen-bond donors (Lipinski definition) is 1. The summed E-state index contributed by atoms with van der Waals surface area (Å²) >= 11 is 14.6. The maximum absolute atomic E-state index is 13.4. The van der Waals surface area contributed by atoms with E-state index in [1.54, 1.807) is 6.92 Å². The van der Waals surface area contributed by atoms with Crippen LogP contribution in [-0.2, 0) is 10.0 Å². The van der Waals surface area contributed by atoms with Crippen LogP contribution in [0.5, 0.6) is 0 Å². The SMILES string of the molecule is Cc1cc(F)c(Br)cc1NS(=O)(=O)c1ccc(Cl)c(Cl)c1. The number of sulfonamides is 1. The summed E-state index contributed by atoms with van der Waals surface area (Å²) in [7, 11) is -3.84. The molecule has 0 saturated carbocycles. The van der Waals surface area contributed by atoms with Crippen molar-refractivity contribution in [1.82, 2.24) is 0 Å². The Hall–Kier alpha value is -0.820. The predicted molar refractivity (Wildman–Crippen MR) is 86.1 cm³/mol. The molecule has 1 N–H and O–H groups in total. The van der Waals surface area contributed by atoms with Crippen molar-refractivity contribution in [2.24, 2.45) is 0 Å². The lowest BCUT2D eigenvalue weighted by molar-refractivity contribution is 0.600. The van der Waals surface area contributed by atoms with Crippen molar-refractivity contribution in [2.75, 3.05) is 4.72 Å². The third kappa shape index (κ3) is 3.69. The number of aryl methyl sites for hydroxylation is 1. The fourth-order valence-corrected chi connectivity index (χ4v) is 3.46. The molecule has 2 aromatic rings. The first-order valence-corrected chi connectivity index (χ1v) is 8.67. The summed E-state index contributed by atoms with van der Waals surface area (Å²) in [5, 5.41) is 0.396. The van der Waals surface area contributed by atoms with E-state index in [2.05, 4.69) is 20.7 Å². The molecule has 2 aromatic carbocycles. The van der Waals surface area contributed by atoms with Gasteiger partial charge in [0.2, 0.25) is 0 Å². The zero-order chi connectivity index (χ0) is 15.8. The first-order chi connectivity index (χ1) is 9.70. The number of hydrogen-bond acceptors (Lipinski definition) is 2. The molecule has 0 amide bonds. The Kier molecular flexibility index (Phi) is 4.82. The first-order valence-electron chi connectivity index (χ1n) is 5.64. The Morgan fingerprint density at radius 2 is 1.81 bits per heavy atom. The van der Waals surface area contributed by atoms with E-state index in [4.69, 9.17) is 23.2 Å². The first kappa shape index (κ1) is 16.5. The van der Waals surface area contributed by atoms with Gasteiger partial charge in [0.15, 0.2) is 0 Å². The van der Waals surface area contributed by atoms with E-state index in [0.29, 0.717) is 5.56 Å². The Balaban J connectivity index is 2.42. The third-order valence-corrected chi connectivity index (χ3v) is 5.42. The van der Waals surface area contributed by atoms with Gasteiger partial charge in [-0.1, -0.05) is 23.2 Å². The van der Waals surface area contributed by atoms with Crippen molar-refractivity contribution in [3.8, 4) is 0 Å². The third-order valence-electron chi connectivity index (χ3n) is 2.71. The molecule has 112 valence electrons. The molecule has 0 atom stereocenters. The minimum atomic E-state index is -3.84. The maximum atomic E-state index is 13.4. The lowest BCUT2D eigenvalue weighted by atomic mass is 10.2. The molecule has 0 unspecified atom stereocenters. The van der Waals surface area contributed by atoms with Crippen LogP contribution < -0.4 is 4.72 Å². The summed E-state index contributed by atoms with van der Waals surface area (Å²) in [5.74, 6) is -0.468. The van der Waals surface area contributed by atoms with Crippen LogP contribution in [0, 0.1) is 12.7 Å². The van der Waals surface area contributed by atoms with Gasteiger partial charge in [0.25, 0.3) is 10.0 Å². The highest BCUT2D eigenvalue weighted by atomic mass is 79.9. The second-order valence-corrected chi connectivity index (χ2v) is 7.61. The minimum Gasteiger partial charge on any atom is -0.279 e. The van der Waals surface area contributed by atoms with Crippen LogP contribution in [0.15, 0.2) is 39.7 Å². The Morgan fingerprint density at radius 1 is 1.14 bits per heavy atom. The van der Waals surface area contributed by atoms with Gasteiger partial charge in [0.05, 0.1) is 25.1 Å². The number of anilines is 1. The highest BCUT2D eigenvalue weighted by Crippen LogP contribution is 2.28. The van der Waals surface area contributed by atoms with Gasteiger partial charge in [0, 0.05) is 0 Å². The zero-order valence-corrected chi connectivity index (χ0v) is 14.5. The van der Waals surface area contributed by atoms with Crippen LogP contribution >= 0.6 is 39.1 Å². The smallest absolute Gasteiger partial charge is 0.261 e. The quantitative estimate of drug-likeness (QED) is 0.770. The zero-order valence-electron chi connectivity index (χ0n) is 10.6. The molecule has 0 heterocycles. The molecule has 0 aliphatic heterocycles. The highest BCUT2D eigenvalue weighted by molar-refractivity contribution is 9.10. The van der Waals surface area contributed by atoms with Gasteiger partial charge in [-0.15, -0.1) is 0 Å². The van der Waals surface area contributed by atoms with Crippen LogP contribution in [0.25, 0.3) is 0 Å². The molecule has 0 aliphatic rings. The maximum Gasteiger partial charge on any atom is 0.261 e. The van der Waals surface area contributed by atoms with E-state index in [-0.39, 0.29) is 25.1 Å². The van der Waals surface area contributed by atoms with Gasteiger partial charge in [-0.25, -0.2) is 12.8 Å². The highest BCUT2D eigenvalue weighted by Gasteiger charge is 2.17. The van der Waals surface area contributed by atoms with Gasteiger partial charge >= 0.3 is 0 Å². The summed E-state index contributed by atoms with van der Waals surface area (Å²) in [6.45, 7) is 1.60. The van der Waals surface area contributed by atoms with Gasteiger partial charge in [-0.2, -0.15) is 0 Å². The van der Waals surface area contributed by atoms with Crippen molar-refractivity contribution in [3.63, 3.8) is 0 Å². The average Bonchev–Trinajstić information content (AvgIpc) is 2.39. The van der Waals surface area contributed by atoms with Crippen molar-refractivity contribution in [1.29, 1.82) is 0 Å². The molecular weight excluding hydrogens is 404 g/mol. The van der Waals surface area contributed by atoms with E-state index >= 15 is 0 Å². The molecule has 0 saturated heterocycles. The summed E-state index contributed by atoms with van der Waals surface area (Å²) in [4.78, 5) is -0.0308. The molecule has 0 aromatic heterocycles. The summed E-state index contributed by atoms with van der Waals surface area (Å²) in [5.41, 5.74) is 0.730. The lowest BCUT2D eigenvalue weighted by Crippen LogP contribution is -2.14. The number of benzene rings is 2. The number of halogens is 4. The van der Waals surface area contributed by atoms with Gasteiger partial charge in [-0.05, 0) is 58.7 Å². The van der Waals surface area contributed by atoms with Gasteiger partial charge in [-0.3, -0.25) is 4.72 Å². The number of rotatable bonds is 3. The fraction of sp³-hybridized carbons (Fsp3) is 0.0769. The molecule has 0 spiro atoms. The molecule has 2 rings (SSSR count). The standard InChI is InChI=1S/C13H9BrCl2FNO2S/c1-7-4-12(17)9(14)6-13(7)18-21(19,20)8-2-3-10(15)11(16)5-8/h2-6,18H,1H3. The molecule has 0 fully saturated rings. The summed E-state index contributed by atoms with van der Waals surface area (Å²) in [6, 6.07) is 6.58. The van der Waals surface area contributed by atoms with Crippen LogP contribution in [-0.4, -0.2) is 8.42 Å². The molecule has 0 aliphatic carbocycles. The van der Waals surface area contributed by atoms with Crippen molar-refractivity contribution >= 4 is 54.8 Å². The van der Waals surface area contributed by atoms with E-state index in [9.17, 15) is 12.8 Å². The summed E-state index contributed by atoms with van der Waals surface area (Å²) in [6.07, 6.45) is 0. The topological polar surface area (TPSA) is 46.2 Å². The molecule has 0 bridgehead atoms. The average molecular weight is 413 g/mol. The van der Waals surface area contributed by atoms with E-state index < -0.39 is 15.8 Å². The van der Waals surface area contributed by atoms with E-state index in [0.717, 1.165) is 0 Å². The summed E-state index contributed by atoms with van der Waals surface area (Å²) < 4.78 is 40.5. The van der Waals surface area contributed by atoms with Crippen LogP contribution in [0.3, 0.4) is 0 Å². The molecular formula is C13H9BrCl2FNO2S. The molecule has 21 heavy (non-hydrogen) atoms. The second kappa shape index (κ2) is 6.12. The van der Waals surface area contributed by atoms with E-state index in [1.165, 1.54) is 30.3 Å². The predicted octanol–water partition coefficient (Wildman–Crippen LogP) is 5.00. The van der Waals surface area contributed by atoms with Gasteiger partial charge < -0.3 is 0 Å². The fourth-order valence-electron chi connectivity index (χ4n) is 1.60. The minimum absolute atomic E-state index is 0.0308. The van der Waals surface area contributed by atoms with Gasteiger partial charge in [0.1, 0.15) is 5.82 Å². The number of nitrogens with one attached hydrogen (secondary N) is 1. The largest absolute Gasteiger partial charge is 0.279 e. The molecule has 0 radical (unpaired) electrons. The Morgan fingerprint density at radius 3 is 2.43 bits per heavy atom. The lowest BCUT2D eigenvalue weighted by Gasteiger charge is -2.12. The molecule has 3 nitrogen and oxygen atoms in total. The monoisotopic (exact) mass is 411 g/mol. The second-order valence-electron chi connectivity index (χ2n) is 4.26. The van der Waals surface area contributed by atoms with Crippen LogP contribution in [0.4, 0.5) is 10.1 Å². The normalized spacial score (nSPS) is 11.5. The van der Waals surface area contributed by atoms with Crippen molar-refractivity contribution in [3.05, 3.63) is 56.2 Å². The van der Waals surface area contributed by atoms with Crippen molar-refractivity contribution < 1.29 is 12.8 Å². The Bertz CT molecular complexity index is 812. The van der Waals surface area contributed by atoms with Crippen LogP contribution in [0.2, 0.25) is 10.0 Å². The Labute approximate surface area is 140 Å². The van der Waals surface area contributed by atoms with Crippen molar-refractivity contribution in [2.45, 2.75) is 11.8 Å².